The number of hydrogen-bond donors (Lipinski definition) is 0. The Kier molecular flexibility index (Phi) is 6.11. The number of rotatable bonds is 1. The zero-order chi connectivity index (χ0) is 11.7. The fraction of sp³-hybridized carbons (Fsp3) is 0.308. The van der Waals surface area contributed by atoms with E-state index in [1.807, 2.05) is 57.2 Å². The summed E-state index contributed by atoms with van der Waals surface area (Å²) in [4.78, 5) is 10.5. The van der Waals surface area contributed by atoms with Gasteiger partial charge in [-0.3, -0.25) is 0 Å². The summed E-state index contributed by atoms with van der Waals surface area (Å²) >= 11 is 0. The van der Waals surface area contributed by atoms with Crippen LogP contribution in [0, 0.1) is 0 Å². The average molecular weight is 206 g/mol. The highest BCUT2D eigenvalue weighted by atomic mass is 16.6. The normalized spacial score (nSPS) is 9.53. The zero-order valence-electron chi connectivity index (χ0n) is 9.57. The number of esters is 1. The SMILES string of the molecule is C=CC(=O)OC(C)(C)C.c1ccccc1. The lowest BCUT2D eigenvalue weighted by Gasteiger charge is -2.17. The summed E-state index contributed by atoms with van der Waals surface area (Å²) in [5, 5.41) is 0. The molecule has 0 saturated heterocycles. The van der Waals surface area contributed by atoms with E-state index in [-0.39, 0.29) is 5.97 Å². The van der Waals surface area contributed by atoms with Crippen molar-refractivity contribution in [1.82, 2.24) is 0 Å². The Bertz CT molecular complexity index is 256. The van der Waals surface area contributed by atoms with Crippen molar-refractivity contribution in [1.29, 1.82) is 0 Å². The summed E-state index contributed by atoms with van der Waals surface area (Å²) in [5.41, 5.74) is -0.398. The maximum atomic E-state index is 10.5. The van der Waals surface area contributed by atoms with E-state index in [9.17, 15) is 4.79 Å². The first kappa shape index (κ1) is 13.4. The third kappa shape index (κ3) is 10.4. The molecule has 0 amide bonds. The molecule has 0 aliphatic rings. The summed E-state index contributed by atoms with van der Waals surface area (Å²) in [6.07, 6.45) is 1.16. The summed E-state index contributed by atoms with van der Waals surface area (Å²) in [7, 11) is 0. The van der Waals surface area contributed by atoms with Gasteiger partial charge in [-0.05, 0) is 20.8 Å². The predicted molar refractivity (Wildman–Crippen MR) is 62.5 cm³/mol. The van der Waals surface area contributed by atoms with Crippen molar-refractivity contribution in [3.63, 3.8) is 0 Å². The lowest BCUT2D eigenvalue weighted by molar-refractivity contribution is -0.148. The number of carbonyl (C=O) groups is 1. The Morgan fingerprint density at radius 2 is 1.40 bits per heavy atom. The summed E-state index contributed by atoms with van der Waals surface area (Å²) in [5.74, 6) is -0.373. The van der Waals surface area contributed by atoms with Crippen LogP contribution in [-0.2, 0) is 9.53 Å². The molecule has 0 heterocycles. The van der Waals surface area contributed by atoms with Gasteiger partial charge in [0.1, 0.15) is 5.60 Å². The highest BCUT2D eigenvalue weighted by Gasteiger charge is 2.12. The second-order valence-electron chi connectivity index (χ2n) is 3.89. The van der Waals surface area contributed by atoms with E-state index in [1.165, 1.54) is 0 Å². The molecule has 0 fully saturated rings. The van der Waals surface area contributed by atoms with Crippen LogP contribution in [0.3, 0.4) is 0 Å². The third-order valence-electron chi connectivity index (χ3n) is 1.24. The third-order valence-corrected chi connectivity index (χ3v) is 1.24. The van der Waals surface area contributed by atoms with E-state index in [0.29, 0.717) is 0 Å². The maximum absolute atomic E-state index is 10.5. The maximum Gasteiger partial charge on any atom is 0.330 e. The van der Waals surface area contributed by atoms with Crippen LogP contribution in [0.2, 0.25) is 0 Å². The van der Waals surface area contributed by atoms with Gasteiger partial charge in [0.25, 0.3) is 0 Å². The largest absolute Gasteiger partial charge is 0.457 e. The Morgan fingerprint density at radius 3 is 1.53 bits per heavy atom. The van der Waals surface area contributed by atoms with Crippen LogP contribution < -0.4 is 0 Å². The van der Waals surface area contributed by atoms with Crippen molar-refractivity contribution >= 4 is 5.97 Å². The van der Waals surface area contributed by atoms with E-state index < -0.39 is 5.60 Å². The molecule has 82 valence electrons. The topological polar surface area (TPSA) is 26.3 Å². The van der Waals surface area contributed by atoms with Crippen molar-refractivity contribution < 1.29 is 9.53 Å². The molecule has 2 heteroatoms. The fourth-order valence-electron chi connectivity index (χ4n) is 0.728. The quantitative estimate of drug-likeness (QED) is 0.521. The first-order chi connectivity index (χ1) is 6.95. The van der Waals surface area contributed by atoms with Crippen molar-refractivity contribution in [2.24, 2.45) is 0 Å². The average Bonchev–Trinajstić information content (AvgIpc) is 2.19. The number of benzene rings is 1. The molecule has 0 N–H and O–H groups in total. The van der Waals surface area contributed by atoms with Gasteiger partial charge in [0.05, 0.1) is 0 Å². The standard InChI is InChI=1S/C7H12O2.C6H6/c1-5-6(8)9-7(2,3)4;1-2-4-6-5-3-1/h5H,1H2,2-4H3;1-6H. The summed E-state index contributed by atoms with van der Waals surface area (Å²) in [6, 6.07) is 12.0. The molecule has 0 aliphatic carbocycles. The molecule has 0 unspecified atom stereocenters. The van der Waals surface area contributed by atoms with Gasteiger partial charge in [-0.25, -0.2) is 4.79 Å². The Morgan fingerprint density at radius 1 is 1.07 bits per heavy atom. The molecule has 2 nitrogen and oxygen atoms in total. The molecule has 0 aromatic heterocycles. The van der Waals surface area contributed by atoms with Crippen LogP contribution in [0.15, 0.2) is 49.1 Å². The number of ether oxygens (including phenoxy) is 1. The molecule has 0 aliphatic heterocycles. The van der Waals surface area contributed by atoms with Crippen LogP contribution >= 0.6 is 0 Å². The first-order valence-electron chi connectivity index (χ1n) is 4.81. The minimum atomic E-state index is -0.398. The van der Waals surface area contributed by atoms with Gasteiger partial charge < -0.3 is 4.74 Å². The van der Waals surface area contributed by atoms with Crippen LogP contribution in [0.4, 0.5) is 0 Å². The van der Waals surface area contributed by atoms with Crippen LogP contribution in [0.5, 0.6) is 0 Å². The van der Waals surface area contributed by atoms with Crippen LogP contribution in [-0.4, -0.2) is 11.6 Å². The first-order valence-corrected chi connectivity index (χ1v) is 4.81. The lowest BCUT2D eigenvalue weighted by atomic mass is 10.2. The molecule has 1 aromatic rings. The second kappa shape index (κ2) is 6.82. The zero-order valence-corrected chi connectivity index (χ0v) is 9.57. The van der Waals surface area contributed by atoms with E-state index >= 15 is 0 Å². The smallest absolute Gasteiger partial charge is 0.330 e. The predicted octanol–water partition coefficient (Wildman–Crippen LogP) is 3.20. The Hall–Kier alpha value is -1.57. The van der Waals surface area contributed by atoms with Crippen LogP contribution in [0.25, 0.3) is 0 Å². The Labute approximate surface area is 91.6 Å². The molecule has 0 bridgehead atoms. The minimum Gasteiger partial charge on any atom is -0.457 e. The monoisotopic (exact) mass is 206 g/mol. The van der Waals surface area contributed by atoms with Gasteiger partial charge in [-0.15, -0.1) is 0 Å². The molecule has 0 radical (unpaired) electrons. The second-order valence-corrected chi connectivity index (χ2v) is 3.89. The lowest BCUT2D eigenvalue weighted by Crippen LogP contribution is -2.22. The van der Waals surface area contributed by atoms with Gasteiger partial charge in [-0.2, -0.15) is 0 Å². The van der Waals surface area contributed by atoms with E-state index in [0.717, 1.165) is 6.08 Å². The van der Waals surface area contributed by atoms with E-state index in [1.54, 1.807) is 0 Å². The van der Waals surface area contributed by atoms with Crippen molar-refractivity contribution in [3.05, 3.63) is 49.1 Å². The van der Waals surface area contributed by atoms with Crippen molar-refractivity contribution in [2.75, 3.05) is 0 Å². The molecule has 15 heavy (non-hydrogen) atoms. The summed E-state index contributed by atoms with van der Waals surface area (Å²) < 4.78 is 4.83. The molecule has 1 aromatic carbocycles. The summed E-state index contributed by atoms with van der Waals surface area (Å²) in [6.45, 7) is 8.71. The van der Waals surface area contributed by atoms with Gasteiger partial charge in [0.15, 0.2) is 0 Å². The van der Waals surface area contributed by atoms with E-state index in [4.69, 9.17) is 4.74 Å². The van der Waals surface area contributed by atoms with Gasteiger partial charge >= 0.3 is 5.97 Å². The molecule has 1 rings (SSSR count). The van der Waals surface area contributed by atoms with Crippen molar-refractivity contribution in [3.8, 4) is 0 Å². The van der Waals surface area contributed by atoms with E-state index in [2.05, 4.69) is 6.58 Å². The fourth-order valence-corrected chi connectivity index (χ4v) is 0.728. The highest BCUT2D eigenvalue weighted by molar-refractivity contribution is 5.81. The minimum absolute atomic E-state index is 0.373. The van der Waals surface area contributed by atoms with Gasteiger partial charge in [-0.1, -0.05) is 43.0 Å². The van der Waals surface area contributed by atoms with Crippen molar-refractivity contribution in [2.45, 2.75) is 26.4 Å². The number of hydrogen-bond acceptors (Lipinski definition) is 2. The van der Waals surface area contributed by atoms with Crippen LogP contribution in [0.1, 0.15) is 20.8 Å². The van der Waals surface area contributed by atoms with Gasteiger partial charge in [0.2, 0.25) is 0 Å². The highest BCUT2D eigenvalue weighted by Crippen LogP contribution is 2.06. The molecule has 0 atom stereocenters. The Balaban J connectivity index is 0.000000280. The molecular weight excluding hydrogens is 188 g/mol. The number of carbonyl (C=O) groups excluding carboxylic acids is 1. The molecule has 0 saturated carbocycles. The molecular formula is C13H18O2. The van der Waals surface area contributed by atoms with Gasteiger partial charge in [0, 0.05) is 6.08 Å². The molecule has 0 spiro atoms.